The first-order valence-corrected chi connectivity index (χ1v) is 10.5. The fraction of sp³-hybridized carbons (Fsp3) is 0.682. The highest BCUT2D eigenvalue weighted by Gasteiger charge is 2.28. The molecule has 1 unspecified atom stereocenters. The first kappa shape index (κ1) is 22.0. The lowest BCUT2D eigenvalue weighted by molar-refractivity contribution is 0.0579. The van der Waals surface area contributed by atoms with E-state index in [4.69, 9.17) is 4.74 Å². The fourth-order valence-electron chi connectivity index (χ4n) is 4.19. The normalized spacial score (nSPS) is 20.8. The molecular formula is C22H35ClN2O2. The van der Waals surface area contributed by atoms with Gasteiger partial charge in [0.05, 0.1) is 6.61 Å². The molecule has 2 saturated heterocycles. The molecule has 0 spiro atoms. The number of nitrogens with zero attached hydrogens (tertiary/aromatic N) is 2. The average molecular weight is 395 g/mol. The third-order valence-electron chi connectivity index (χ3n) is 5.67. The number of likely N-dealkylation sites (tertiary alicyclic amines) is 2. The molecule has 2 aliphatic heterocycles. The van der Waals surface area contributed by atoms with Gasteiger partial charge in [-0.15, -0.1) is 12.4 Å². The number of hydrogen-bond donors (Lipinski definition) is 0. The maximum atomic E-state index is 13.1. The van der Waals surface area contributed by atoms with Gasteiger partial charge in [0.15, 0.2) is 0 Å². The zero-order valence-electron chi connectivity index (χ0n) is 16.7. The van der Waals surface area contributed by atoms with Crippen molar-refractivity contribution in [2.24, 2.45) is 0 Å². The van der Waals surface area contributed by atoms with Crippen LogP contribution in [-0.4, -0.2) is 54.5 Å². The minimum Gasteiger partial charge on any atom is -0.494 e. The van der Waals surface area contributed by atoms with Crippen molar-refractivity contribution in [3.05, 3.63) is 29.8 Å². The van der Waals surface area contributed by atoms with E-state index in [1.54, 1.807) is 0 Å². The van der Waals surface area contributed by atoms with Crippen LogP contribution in [0.5, 0.6) is 5.75 Å². The molecule has 2 heterocycles. The minimum absolute atomic E-state index is 0. The Bertz CT molecular complexity index is 575. The SMILES string of the molecule is CCCOc1cccc(C(=O)N2CCCCC2CCN2CCCCC2)c1.Cl. The van der Waals surface area contributed by atoms with Crippen molar-refractivity contribution < 1.29 is 9.53 Å². The van der Waals surface area contributed by atoms with Gasteiger partial charge in [-0.05, 0) is 76.2 Å². The third kappa shape index (κ3) is 6.39. The largest absolute Gasteiger partial charge is 0.494 e. The molecule has 1 aromatic carbocycles. The second-order valence-corrected chi connectivity index (χ2v) is 7.72. The zero-order valence-corrected chi connectivity index (χ0v) is 17.5. The van der Waals surface area contributed by atoms with E-state index in [0.717, 1.165) is 50.1 Å². The molecule has 2 fully saturated rings. The van der Waals surface area contributed by atoms with Crippen LogP contribution in [0.25, 0.3) is 0 Å². The second-order valence-electron chi connectivity index (χ2n) is 7.72. The molecule has 1 atom stereocenters. The van der Waals surface area contributed by atoms with Crippen molar-refractivity contribution in [1.82, 2.24) is 9.80 Å². The zero-order chi connectivity index (χ0) is 18.2. The van der Waals surface area contributed by atoms with Crippen LogP contribution < -0.4 is 4.74 Å². The molecule has 3 rings (SSSR count). The van der Waals surface area contributed by atoms with Gasteiger partial charge in [-0.3, -0.25) is 4.79 Å². The number of rotatable bonds is 7. The highest BCUT2D eigenvalue weighted by atomic mass is 35.5. The summed E-state index contributed by atoms with van der Waals surface area (Å²) in [4.78, 5) is 17.9. The molecule has 0 aromatic heterocycles. The summed E-state index contributed by atoms with van der Waals surface area (Å²) in [5.74, 6) is 0.981. The van der Waals surface area contributed by atoms with E-state index in [0.29, 0.717) is 12.6 Å². The molecule has 4 nitrogen and oxygen atoms in total. The smallest absolute Gasteiger partial charge is 0.254 e. The van der Waals surface area contributed by atoms with Crippen molar-refractivity contribution in [2.45, 2.75) is 64.3 Å². The molecule has 0 aliphatic carbocycles. The Morgan fingerprint density at radius 1 is 1.11 bits per heavy atom. The Balaban J connectivity index is 0.00000261. The van der Waals surface area contributed by atoms with E-state index in [1.807, 2.05) is 24.3 Å². The first-order valence-electron chi connectivity index (χ1n) is 10.5. The fourth-order valence-corrected chi connectivity index (χ4v) is 4.19. The lowest BCUT2D eigenvalue weighted by Gasteiger charge is -2.37. The summed E-state index contributed by atoms with van der Waals surface area (Å²) in [5, 5.41) is 0. The molecule has 0 radical (unpaired) electrons. The first-order chi connectivity index (χ1) is 12.8. The van der Waals surface area contributed by atoms with Gasteiger partial charge in [-0.25, -0.2) is 0 Å². The van der Waals surface area contributed by atoms with Crippen LogP contribution in [0.2, 0.25) is 0 Å². The summed E-state index contributed by atoms with van der Waals surface area (Å²) in [6, 6.07) is 8.10. The number of amides is 1. The van der Waals surface area contributed by atoms with Crippen LogP contribution in [0.1, 0.15) is 68.6 Å². The topological polar surface area (TPSA) is 32.8 Å². The molecule has 0 saturated carbocycles. The van der Waals surface area contributed by atoms with Crippen molar-refractivity contribution >= 4 is 18.3 Å². The van der Waals surface area contributed by atoms with Gasteiger partial charge < -0.3 is 14.5 Å². The standard InChI is InChI=1S/C22H34N2O2.ClH/c1-2-17-26-21-11-8-9-19(18-21)22(25)24-15-7-4-10-20(24)12-16-23-13-5-3-6-14-23;/h8-9,11,18,20H,2-7,10,12-17H2,1H3;1H. The van der Waals surface area contributed by atoms with E-state index in [-0.39, 0.29) is 18.3 Å². The summed E-state index contributed by atoms with van der Waals surface area (Å²) >= 11 is 0. The second kappa shape index (κ2) is 11.6. The van der Waals surface area contributed by atoms with E-state index < -0.39 is 0 Å². The molecule has 0 N–H and O–H groups in total. The Hall–Kier alpha value is -1.26. The quantitative estimate of drug-likeness (QED) is 0.667. The average Bonchev–Trinajstić information content (AvgIpc) is 2.71. The minimum atomic E-state index is 0. The number of carbonyl (C=O) groups is 1. The van der Waals surface area contributed by atoms with Crippen molar-refractivity contribution in [2.75, 3.05) is 32.8 Å². The molecule has 2 aliphatic rings. The van der Waals surface area contributed by atoms with E-state index >= 15 is 0 Å². The molecule has 1 aromatic rings. The van der Waals surface area contributed by atoms with Crippen LogP contribution in [0, 0.1) is 0 Å². The molecule has 1 amide bonds. The Morgan fingerprint density at radius 3 is 2.67 bits per heavy atom. The lowest BCUT2D eigenvalue weighted by Crippen LogP contribution is -2.45. The molecule has 0 bridgehead atoms. The summed E-state index contributed by atoms with van der Waals surface area (Å²) in [7, 11) is 0. The van der Waals surface area contributed by atoms with Crippen LogP contribution in [-0.2, 0) is 0 Å². The van der Waals surface area contributed by atoms with Gasteiger partial charge in [0.25, 0.3) is 5.91 Å². The van der Waals surface area contributed by atoms with Crippen LogP contribution in [0.4, 0.5) is 0 Å². The monoisotopic (exact) mass is 394 g/mol. The maximum Gasteiger partial charge on any atom is 0.254 e. The van der Waals surface area contributed by atoms with Crippen molar-refractivity contribution in [1.29, 1.82) is 0 Å². The number of piperidine rings is 2. The third-order valence-corrected chi connectivity index (χ3v) is 5.67. The predicted molar refractivity (Wildman–Crippen MR) is 113 cm³/mol. The van der Waals surface area contributed by atoms with E-state index in [9.17, 15) is 4.79 Å². The van der Waals surface area contributed by atoms with Gasteiger partial charge >= 0.3 is 0 Å². The van der Waals surface area contributed by atoms with E-state index in [1.165, 1.54) is 38.8 Å². The number of hydrogen-bond acceptors (Lipinski definition) is 3. The van der Waals surface area contributed by atoms with Gasteiger partial charge in [-0.2, -0.15) is 0 Å². The summed E-state index contributed by atoms with van der Waals surface area (Å²) in [6.45, 7) is 7.28. The van der Waals surface area contributed by atoms with Crippen LogP contribution >= 0.6 is 12.4 Å². The number of carbonyl (C=O) groups excluding carboxylic acids is 1. The Morgan fingerprint density at radius 2 is 1.89 bits per heavy atom. The van der Waals surface area contributed by atoms with Crippen LogP contribution in [0.15, 0.2) is 24.3 Å². The number of ether oxygens (including phenoxy) is 1. The lowest BCUT2D eigenvalue weighted by atomic mass is 9.97. The summed E-state index contributed by atoms with van der Waals surface area (Å²) in [5.41, 5.74) is 0.767. The predicted octanol–water partition coefficient (Wildman–Crippen LogP) is 4.77. The molecular weight excluding hydrogens is 360 g/mol. The van der Waals surface area contributed by atoms with Gasteiger partial charge in [0.1, 0.15) is 5.75 Å². The van der Waals surface area contributed by atoms with Crippen molar-refractivity contribution in [3.63, 3.8) is 0 Å². The van der Waals surface area contributed by atoms with Gasteiger partial charge in [0.2, 0.25) is 0 Å². The molecule has 5 heteroatoms. The molecule has 152 valence electrons. The highest BCUT2D eigenvalue weighted by Crippen LogP contribution is 2.24. The number of benzene rings is 1. The Kier molecular flexibility index (Phi) is 9.43. The van der Waals surface area contributed by atoms with Gasteiger partial charge in [0, 0.05) is 24.7 Å². The van der Waals surface area contributed by atoms with Crippen molar-refractivity contribution in [3.8, 4) is 5.75 Å². The number of halogens is 1. The molecule has 27 heavy (non-hydrogen) atoms. The highest BCUT2D eigenvalue weighted by molar-refractivity contribution is 5.94. The summed E-state index contributed by atoms with van der Waals surface area (Å²) < 4.78 is 5.71. The summed E-state index contributed by atoms with van der Waals surface area (Å²) in [6.07, 6.45) is 9.63. The maximum absolute atomic E-state index is 13.1. The Labute approximate surface area is 170 Å². The van der Waals surface area contributed by atoms with E-state index in [2.05, 4.69) is 16.7 Å². The van der Waals surface area contributed by atoms with Gasteiger partial charge in [-0.1, -0.05) is 19.4 Å². The van der Waals surface area contributed by atoms with Crippen LogP contribution in [0.3, 0.4) is 0 Å².